The van der Waals surface area contributed by atoms with E-state index in [4.69, 9.17) is 0 Å². The van der Waals surface area contributed by atoms with Gasteiger partial charge in [0.2, 0.25) is 0 Å². The van der Waals surface area contributed by atoms with Gasteiger partial charge in [-0.25, -0.2) is 0 Å². The van der Waals surface area contributed by atoms with E-state index in [9.17, 15) is 4.79 Å². The molecular weight excluding hydrogens is 324 g/mol. The van der Waals surface area contributed by atoms with Crippen LogP contribution < -0.4 is 5.32 Å². The average molecular weight is 343 g/mol. The normalized spacial score (nSPS) is 10.1. The average Bonchev–Trinajstić information content (AvgIpc) is 2.35. The largest absolute Gasteiger partial charge is 0.353 e. The lowest BCUT2D eigenvalue weighted by Crippen LogP contribution is -2.27. The van der Waals surface area contributed by atoms with E-state index in [0.29, 0.717) is 0 Å². The fourth-order valence-corrected chi connectivity index (χ4v) is 2.15. The standard InChI is InChI=1S/C13H19BINO/c1-3-14(4-2)9-10-16-13(17)11-5-7-12(15)8-6-11/h5-8H,3-4,9-10H2,1-2H3,(H,16,17). The van der Waals surface area contributed by atoms with E-state index in [1.165, 1.54) is 12.6 Å². The fourth-order valence-electron chi connectivity index (χ4n) is 1.79. The van der Waals surface area contributed by atoms with Crippen molar-refractivity contribution < 1.29 is 4.79 Å². The molecule has 0 aromatic heterocycles. The molecule has 0 fully saturated rings. The number of rotatable bonds is 6. The summed E-state index contributed by atoms with van der Waals surface area (Å²) in [6.07, 6.45) is 3.45. The number of nitrogens with one attached hydrogen (secondary N) is 1. The van der Waals surface area contributed by atoms with E-state index in [2.05, 4.69) is 41.8 Å². The highest BCUT2D eigenvalue weighted by atomic mass is 127. The molecular formula is C13H19BINO. The van der Waals surface area contributed by atoms with E-state index in [-0.39, 0.29) is 5.91 Å². The predicted octanol–water partition coefficient (Wildman–Crippen LogP) is 3.56. The van der Waals surface area contributed by atoms with E-state index < -0.39 is 0 Å². The SMILES string of the molecule is CCB(CC)CCNC(=O)c1ccc(I)cc1. The molecule has 0 spiro atoms. The molecule has 0 saturated heterocycles. The molecule has 0 aliphatic heterocycles. The maximum absolute atomic E-state index is 11.8. The summed E-state index contributed by atoms with van der Waals surface area (Å²) in [5.41, 5.74) is 0.745. The van der Waals surface area contributed by atoms with Crippen LogP contribution in [0.2, 0.25) is 19.0 Å². The third-order valence-electron chi connectivity index (χ3n) is 3.10. The third kappa shape index (κ3) is 5.11. The van der Waals surface area contributed by atoms with Gasteiger partial charge in [0.15, 0.2) is 0 Å². The molecule has 0 unspecified atom stereocenters. The molecule has 0 atom stereocenters. The predicted molar refractivity (Wildman–Crippen MR) is 83.0 cm³/mol. The molecule has 0 heterocycles. The number of amides is 1. The van der Waals surface area contributed by atoms with Gasteiger partial charge in [0.05, 0.1) is 0 Å². The molecule has 0 aliphatic rings. The summed E-state index contributed by atoms with van der Waals surface area (Å²) in [5, 5.41) is 2.98. The van der Waals surface area contributed by atoms with Crippen LogP contribution in [0.3, 0.4) is 0 Å². The van der Waals surface area contributed by atoms with Crippen molar-refractivity contribution in [1.29, 1.82) is 0 Å². The van der Waals surface area contributed by atoms with Crippen molar-refractivity contribution in [1.82, 2.24) is 5.32 Å². The second-order valence-corrected chi connectivity index (χ2v) is 5.48. The second-order valence-electron chi connectivity index (χ2n) is 4.23. The molecule has 1 aromatic carbocycles. The number of benzene rings is 1. The minimum Gasteiger partial charge on any atom is -0.353 e. The smallest absolute Gasteiger partial charge is 0.251 e. The van der Waals surface area contributed by atoms with Crippen LogP contribution in [0, 0.1) is 3.57 Å². The van der Waals surface area contributed by atoms with Crippen LogP contribution in [0.5, 0.6) is 0 Å². The van der Waals surface area contributed by atoms with E-state index >= 15 is 0 Å². The topological polar surface area (TPSA) is 29.1 Å². The van der Waals surface area contributed by atoms with Gasteiger partial charge >= 0.3 is 0 Å². The first-order valence-electron chi connectivity index (χ1n) is 6.21. The van der Waals surface area contributed by atoms with Crippen molar-refractivity contribution in [3.63, 3.8) is 0 Å². The van der Waals surface area contributed by atoms with Crippen LogP contribution in [0.4, 0.5) is 0 Å². The van der Waals surface area contributed by atoms with Gasteiger partial charge in [-0.15, -0.1) is 0 Å². The Morgan fingerprint density at radius 2 is 1.82 bits per heavy atom. The molecule has 4 heteroatoms. The van der Waals surface area contributed by atoms with Crippen LogP contribution in [0.25, 0.3) is 0 Å². The molecule has 17 heavy (non-hydrogen) atoms. The summed E-state index contributed by atoms with van der Waals surface area (Å²) in [4.78, 5) is 11.8. The van der Waals surface area contributed by atoms with Gasteiger partial charge in [-0.2, -0.15) is 0 Å². The summed E-state index contributed by atoms with van der Waals surface area (Å²) < 4.78 is 1.15. The molecule has 92 valence electrons. The summed E-state index contributed by atoms with van der Waals surface area (Å²) in [6, 6.07) is 7.65. The number of carbonyl (C=O) groups is 1. The summed E-state index contributed by atoms with van der Waals surface area (Å²) in [5.74, 6) is 0.0346. The number of carbonyl (C=O) groups excluding carboxylic acids is 1. The fraction of sp³-hybridized carbons (Fsp3) is 0.462. The Morgan fingerprint density at radius 1 is 1.24 bits per heavy atom. The Bertz CT molecular complexity index is 349. The minimum atomic E-state index is 0.0346. The van der Waals surface area contributed by atoms with Gasteiger partial charge < -0.3 is 5.32 Å². The van der Waals surface area contributed by atoms with Gasteiger partial charge in [-0.05, 0) is 46.9 Å². The van der Waals surface area contributed by atoms with Crippen molar-refractivity contribution in [3.8, 4) is 0 Å². The Kier molecular flexibility index (Phi) is 6.62. The van der Waals surface area contributed by atoms with Crippen LogP contribution in [0.15, 0.2) is 24.3 Å². The molecule has 0 saturated carbocycles. The van der Waals surface area contributed by atoms with Crippen molar-refractivity contribution in [2.24, 2.45) is 0 Å². The van der Waals surface area contributed by atoms with Gasteiger partial charge in [0.25, 0.3) is 5.91 Å². The highest BCUT2D eigenvalue weighted by Gasteiger charge is 2.09. The van der Waals surface area contributed by atoms with E-state index in [1.807, 2.05) is 24.3 Å². The molecule has 0 radical (unpaired) electrons. The molecule has 2 nitrogen and oxygen atoms in total. The molecule has 0 bridgehead atoms. The first kappa shape index (κ1) is 14.5. The lowest BCUT2D eigenvalue weighted by molar-refractivity contribution is 0.0955. The third-order valence-corrected chi connectivity index (χ3v) is 3.82. The zero-order chi connectivity index (χ0) is 12.7. The zero-order valence-electron chi connectivity index (χ0n) is 10.5. The Morgan fingerprint density at radius 3 is 2.35 bits per heavy atom. The monoisotopic (exact) mass is 343 g/mol. The molecule has 0 aliphatic carbocycles. The Hall–Kier alpha value is -0.515. The maximum Gasteiger partial charge on any atom is 0.251 e. The summed E-state index contributed by atoms with van der Waals surface area (Å²) >= 11 is 2.24. The number of halogens is 1. The minimum absolute atomic E-state index is 0.0346. The lowest BCUT2D eigenvalue weighted by atomic mass is 9.43. The quantitative estimate of drug-likeness (QED) is 0.621. The summed E-state index contributed by atoms with van der Waals surface area (Å²) in [7, 11) is 0. The van der Waals surface area contributed by atoms with Crippen molar-refractivity contribution in [3.05, 3.63) is 33.4 Å². The highest BCUT2D eigenvalue weighted by molar-refractivity contribution is 14.1. The van der Waals surface area contributed by atoms with Crippen molar-refractivity contribution in [2.75, 3.05) is 6.54 Å². The van der Waals surface area contributed by atoms with Gasteiger partial charge in [0, 0.05) is 15.7 Å². The number of hydrogen-bond donors (Lipinski definition) is 1. The Labute approximate surface area is 118 Å². The van der Waals surface area contributed by atoms with Gasteiger partial charge in [-0.3, -0.25) is 4.79 Å². The maximum atomic E-state index is 11.8. The Balaban J connectivity index is 2.37. The number of hydrogen-bond acceptors (Lipinski definition) is 1. The van der Waals surface area contributed by atoms with Gasteiger partial charge in [0.1, 0.15) is 6.71 Å². The van der Waals surface area contributed by atoms with Crippen LogP contribution in [0.1, 0.15) is 24.2 Å². The van der Waals surface area contributed by atoms with Crippen LogP contribution in [-0.4, -0.2) is 19.2 Å². The lowest BCUT2D eigenvalue weighted by Gasteiger charge is -2.09. The van der Waals surface area contributed by atoms with Crippen LogP contribution >= 0.6 is 22.6 Å². The van der Waals surface area contributed by atoms with Gasteiger partial charge in [-0.1, -0.05) is 32.8 Å². The second kappa shape index (κ2) is 7.74. The highest BCUT2D eigenvalue weighted by Crippen LogP contribution is 2.07. The van der Waals surface area contributed by atoms with E-state index in [1.54, 1.807) is 0 Å². The molecule has 1 amide bonds. The van der Waals surface area contributed by atoms with Crippen LogP contribution in [-0.2, 0) is 0 Å². The molecule has 1 rings (SSSR count). The zero-order valence-corrected chi connectivity index (χ0v) is 12.7. The first-order chi connectivity index (χ1) is 8.17. The molecule has 1 aromatic rings. The van der Waals surface area contributed by atoms with Crippen molar-refractivity contribution >= 4 is 35.2 Å². The van der Waals surface area contributed by atoms with E-state index in [0.717, 1.165) is 28.7 Å². The first-order valence-corrected chi connectivity index (χ1v) is 7.29. The summed E-state index contributed by atoms with van der Waals surface area (Å²) in [6.45, 7) is 5.91. The van der Waals surface area contributed by atoms with Crippen molar-refractivity contribution in [2.45, 2.75) is 32.8 Å². The molecule has 1 N–H and O–H groups in total.